The summed E-state index contributed by atoms with van der Waals surface area (Å²) in [4.78, 5) is 12.1. The highest BCUT2D eigenvalue weighted by atomic mass is 79.9. The van der Waals surface area contributed by atoms with Gasteiger partial charge in [-0.05, 0) is 52.7 Å². The van der Waals surface area contributed by atoms with Crippen LogP contribution in [0.5, 0.6) is 0 Å². The molecule has 0 bridgehead atoms. The number of hydrogen-bond acceptors (Lipinski definition) is 4. The molecule has 0 aliphatic carbocycles. The molecule has 5 nitrogen and oxygen atoms in total. The van der Waals surface area contributed by atoms with Crippen LogP contribution in [0.4, 0.5) is 10.1 Å². The third kappa shape index (κ3) is 3.67. The van der Waals surface area contributed by atoms with Crippen molar-refractivity contribution >= 4 is 48.9 Å². The van der Waals surface area contributed by atoms with E-state index in [1.54, 1.807) is 6.07 Å². The number of primary sulfonamides is 1. The van der Waals surface area contributed by atoms with E-state index in [0.29, 0.717) is 4.88 Å². The number of nitrogens with two attached hydrogens (primary N) is 1. The Kier molecular flexibility index (Phi) is 4.47. The van der Waals surface area contributed by atoms with Crippen molar-refractivity contribution in [3.63, 3.8) is 0 Å². The zero-order valence-corrected chi connectivity index (χ0v) is 13.9. The van der Waals surface area contributed by atoms with Crippen LogP contribution < -0.4 is 10.5 Å². The number of aryl methyl sites for hydroxylation is 1. The minimum Gasteiger partial charge on any atom is -0.320 e. The SMILES string of the molecule is Cc1cc(C(=O)Nc2cc(F)ccc2S(N)(=O)=O)sc1Br. The Hall–Kier alpha value is -1.29. The first-order valence-corrected chi connectivity index (χ1v) is 8.73. The zero-order chi connectivity index (χ0) is 15.8. The molecule has 21 heavy (non-hydrogen) atoms. The maximum atomic E-state index is 13.3. The van der Waals surface area contributed by atoms with Crippen molar-refractivity contribution in [1.29, 1.82) is 0 Å². The standard InChI is InChI=1S/C12H10BrFN2O3S2/c1-6-4-9(20-11(6)13)12(17)16-8-5-7(14)2-3-10(8)21(15,18)19/h2-5H,1H3,(H,16,17)(H2,15,18,19). The van der Waals surface area contributed by atoms with Crippen LogP contribution in [0.1, 0.15) is 15.2 Å². The lowest BCUT2D eigenvalue weighted by Gasteiger charge is -2.09. The summed E-state index contributed by atoms with van der Waals surface area (Å²) < 4.78 is 36.9. The molecule has 9 heteroatoms. The third-order valence-corrected chi connectivity index (χ3v) is 5.68. The van der Waals surface area contributed by atoms with Crippen LogP contribution in [0.3, 0.4) is 0 Å². The molecule has 1 aromatic carbocycles. The number of anilines is 1. The summed E-state index contributed by atoms with van der Waals surface area (Å²) in [6.45, 7) is 1.81. The number of thiophene rings is 1. The fraction of sp³-hybridized carbons (Fsp3) is 0.0833. The number of rotatable bonds is 3. The monoisotopic (exact) mass is 392 g/mol. The first-order chi connectivity index (χ1) is 9.68. The second kappa shape index (κ2) is 5.84. The number of sulfonamides is 1. The molecule has 0 saturated carbocycles. The number of hydrogen-bond donors (Lipinski definition) is 2. The quantitative estimate of drug-likeness (QED) is 0.841. The van der Waals surface area contributed by atoms with Crippen molar-refractivity contribution in [3.05, 3.63) is 44.3 Å². The molecule has 3 N–H and O–H groups in total. The maximum Gasteiger partial charge on any atom is 0.265 e. The molecule has 1 aromatic heterocycles. The van der Waals surface area contributed by atoms with Crippen LogP contribution in [0.15, 0.2) is 32.9 Å². The van der Waals surface area contributed by atoms with Crippen LogP contribution >= 0.6 is 27.3 Å². The van der Waals surface area contributed by atoms with Gasteiger partial charge in [0.25, 0.3) is 5.91 Å². The Labute approximate surface area is 133 Å². The Balaban J connectivity index is 2.39. The summed E-state index contributed by atoms with van der Waals surface area (Å²) in [5.41, 5.74) is 0.681. The molecule has 0 aliphatic rings. The largest absolute Gasteiger partial charge is 0.320 e. The van der Waals surface area contributed by atoms with E-state index in [9.17, 15) is 17.6 Å². The lowest BCUT2D eigenvalue weighted by atomic mass is 10.3. The summed E-state index contributed by atoms with van der Waals surface area (Å²) >= 11 is 4.48. The lowest BCUT2D eigenvalue weighted by Crippen LogP contribution is -2.18. The fourth-order valence-electron chi connectivity index (χ4n) is 1.60. The van der Waals surface area contributed by atoms with Crippen LogP contribution in [-0.2, 0) is 10.0 Å². The van der Waals surface area contributed by atoms with Crippen molar-refractivity contribution in [2.75, 3.05) is 5.32 Å². The Morgan fingerprint density at radius 2 is 2.05 bits per heavy atom. The molecule has 0 radical (unpaired) electrons. The van der Waals surface area contributed by atoms with Gasteiger partial charge in [0.2, 0.25) is 10.0 Å². The molecule has 2 aromatic rings. The van der Waals surface area contributed by atoms with Gasteiger partial charge < -0.3 is 5.32 Å². The van der Waals surface area contributed by atoms with E-state index in [4.69, 9.17) is 5.14 Å². The second-order valence-electron chi connectivity index (χ2n) is 4.21. The van der Waals surface area contributed by atoms with Gasteiger partial charge in [-0.3, -0.25) is 4.79 Å². The first-order valence-electron chi connectivity index (χ1n) is 5.58. The molecule has 1 heterocycles. The maximum absolute atomic E-state index is 13.3. The molecule has 0 atom stereocenters. The van der Waals surface area contributed by atoms with Gasteiger partial charge in [0.15, 0.2) is 0 Å². The molecule has 0 saturated heterocycles. The molecule has 0 fully saturated rings. The number of halogens is 2. The zero-order valence-electron chi connectivity index (χ0n) is 10.7. The fourth-order valence-corrected chi connectivity index (χ4v) is 3.71. The Morgan fingerprint density at radius 1 is 1.38 bits per heavy atom. The average Bonchev–Trinajstić information content (AvgIpc) is 2.68. The smallest absolute Gasteiger partial charge is 0.265 e. The van der Waals surface area contributed by atoms with E-state index in [1.807, 2.05) is 6.92 Å². The second-order valence-corrected chi connectivity index (χ2v) is 8.11. The lowest BCUT2D eigenvalue weighted by molar-refractivity contribution is 0.103. The van der Waals surface area contributed by atoms with E-state index >= 15 is 0 Å². The van der Waals surface area contributed by atoms with Crippen molar-refractivity contribution < 1.29 is 17.6 Å². The van der Waals surface area contributed by atoms with Gasteiger partial charge in [-0.1, -0.05) is 0 Å². The Bertz CT molecular complexity index is 798. The molecule has 0 spiro atoms. The van der Waals surface area contributed by atoms with Crippen molar-refractivity contribution in [1.82, 2.24) is 0 Å². The molecule has 1 amide bonds. The van der Waals surface area contributed by atoms with Gasteiger partial charge in [0.05, 0.1) is 14.4 Å². The normalized spacial score (nSPS) is 11.4. The third-order valence-electron chi connectivity index (χ3n) is 2.58. The van der Waals surface area contributed by atoms with Crippen LogP contribution in [0.25, 0.3) is 0 Å². The van der Waals surface area contributed by atoms with Gasteiger partial charge in [-0.25, -0.2) is 17.9 Å². The van der Waals surface area contributed by atoms with Gasteiger partial charge in [-0.2, -0.15) is 0 Å². The first kappa shape index (κ1) is 16.1. The van der Waals surface area contributed by atoms with Crippen LogP contribution in [0, 0.1) is 12.7 Å². The van der Waals surface area contributed by atoms with Gasteiger partial charge >= 0.3 is 0 Å². The van der Waals surface area contributed by atoms with Gasteiger partial charge in [0.1, 0.15) is 10.7 Å². The summed E-state index contributed by atoms with van der Waals surface area (Å²) in [6.07, 6.45) is 0. The van der Waals surface area contributed by atoms with E-state index in [-0.39, 0.29) is 10.6 Å². The number of carbonyl (C=O) groups is 1. The van der Waals surface area contributed by atoms with Crippen LogP contribution in [-0.4, -0.2) is 14.3 Å². The predicted octanol–water partition coefficient (Wildman–Crippen LogP) is 2.86. The number of carbonyl (C=O) groups excluding carboxylic acids is 1. The predicted molar refractivity (Wildman–Crippen MR) is 82.5 cm³/mol. The van der Waals surface area contributed by atoms with E-state index in [1.165, 1.54) is 11.3 Å². The van der Waals surface area contributed by atoms with Crippen molar-refractivity contribution in [3.8, 4) is 0 Å². The summed E-state index contributed by atoms with van der Waals surface area (Å²) in [7, 11) is -4.07. The van der Waals surface area contributed by atoms with E-state index < -0.39 is 21.7 Å². The minimum absolute atomic E-state index is 0.190. The van der Waals surface area contributed by atoms with Crippen LogP contribution in [0.2, 0.25) is 0 Å². The highest BCUT2D eigenvalue weighted by molar-refractivity contribution is 9.11. The molecular formula is C12H10BrFN2O3S2. The van der Waals surface area contributed by atoms with Crippen molar-refractivity contribution in [2.24, 2.45) is 5.14 Å². The summed E-state index contributed by atoms with van der Waals surface area (Å²) in [5, 5.41) is 7.41. The number of amides is 1. The number of benzene rings is 1. The molecule has 2 rings (SSSR count). The average molecular weight is 393 g/mol. The topological polar surface area (TPSA) is 89.3 Å². The molecule has 112 valence electrons. The number of nitrogens with one attached hydrogen (secondary N) is 1. The van der Waals surface area contributed by atoms with Gasteiger partial charge in [0, 0.05) is 0 Å². The molecule has 0 aliphatic heterocycles. The Morgan fingerprint density at radius 3 is 2.57 bits per heavy atom. The highest BCUT2D eigenvalue weighted by Crippen LogP contribution is 2.29. The summed E-state index contributed by atoms with van der Waals surface area (Å²) in [5.74, 6) is -1.22. The van der Waals surface area contributed by atoms with Crippen molar-refractivity contribution in [2.45, 2.75) is 11.8 Å². The minimum atomic E-state index is -4.07. The van der Waals surface area contributed by atoms with E-state index in [2.05, 4.69) is 21.2 Å². The summed E-state index contributed by atoms with van der Waals surface area (Å²) in [6, 6.07) is 4.52. The molecule has 0 unspecified atom stereocenters. The highest BCUT2D eigenvalue weighted by Gasteiger charge is 2.18. The van der Waals surface area contributed by atoms with E-state index in [0.717, 1.165) is 27.5 Å². The molecular weight excluding hydrogens is 383 g/mol. The van der Waals surface area contributed by atoms with Gasteiger partial charge in [-0.15, -0.1) is 11.3 Å².